The molecule has 2 unspecified atom stereocenters. The van der Waals surface area contributed by atoms with E-state index in [1.165, 1.54) is 4.90 Å². The first-order valence-electron chi connectivity index (χ1n) is 10.5. The number of aliphatic hydroxyl groups excluding tert-OH is 1. The van der Waals surface area contributed by atoms with Crippen molar-refractivity contribution in [3.63, 3.8) is 0 Å². The summed E-state index contributed by atoms with van der Waals surface area (Å²) in [7, 11) is 0. The standard InChI is InChI=1S/C23H32N4O3S/c1-13(15-6-8-16(9-7-15)19-14(2)25-12-31-19)26-21(29)18-10-17(28)11-27(18)22(30)20(24)23(3,4)5/h6-9,12-13,17-18,20,28H,10-11,24H2,1-5H3,(H,26,29)/t13?,17-,18+,20?/m1/s1. The van der Waals surface area contributed by atoms with Gasteiger partial charge in [-0.05, 0) is 30.4 Å². The van der Waals surface area contributed by atoms with E-state index < -0.39 is 23.6 Å². The molecule has 1 aliphatic rings. The molecule has 1 saturated heterocycles. The Morgan fingerprint density at radius 3 is 2.48 bits per heavy atom. The van der Waals surface area contributed by atoms with Gasteiger partial charge in [0.15, 0.2) is 0 Å². The number of nitrogens with two attached hydrogens (primary N) is 1. The second-order valence-corrected chi connectivity index (χ2v) is 10.2. The topological polar surface area (TPSA) is 109 Å². The van der Waals surface area contributed by atoms with E-state index in [4.69, 9.17) is 5.73 Å². The maximum Gasteiger partial charge on any atom is 0.243 e. The molecule has 8 heteroatoms. The van der Waals surface area contributed by atoms with Crippen LogP contribution >= 0.6 is 11.3 Å². The predicted octanol–water partition coefficient (Wildman–Crippen LogP) is 2.63. The van der Waals surface area contributed by atoms with Crippen LogP contribution in [0.25, 0.3) is 10.4 Å². The molecule has 2 amide bonds. The summed E-state index contributed by atoms with van der Waals surface area (Å²) in [6.07, 6.45) is -0.519. The number of carbonyl (C=O) groups excluding carboxylic acids is 2. The number of benzene rings is 1. The molecule has 3 rings (SSSR count). The summed E-state index contributed by atoms with van der Waals surface area (Å²) in [5.41, 5.74) is 10.6. The number of hydrogen-bond donors (Lipinski definition) is 3. The van der Waals surface area contributed by atoms with Crippen molar-refractivity contribution >= 4 is 23.2 Å². The van der Waals surface area contributed by atoms with Crippen molar-refractivity contribution in [2.75, 3.05) is 6.54 Å². The molecular weight excluding hydrogens is 412 g/mol. The fraction of sp³-hybridized carbons (Fsp3) is 0.522. The van der Waals surface area contributed by atoms with Gasteiger partial charge in [-0.15, -0.1) is 11.3 Å². The zero-order valence-corrected chi connectivity index (χ0v) is 19.6. The van der Waals surface area contributed by atoms with Crippen LogP contribution in [-0.2, 0) is 9.59 Å². The van der Waals surface area contributed by atoms with Gasteiger partial charge in [-0.25, -0.2) is 4.98 Å². The highest BCUT2D eigenvalue weighted by Crippen LogP contribution is 2.29. The van der Waals surface area contributed by atoms with Gasteiger partial charge in [0.1, 0.15) is 6.04 Å². The van der Waals surface area contributed by atoms with Crippen LogP contribution in [0.4, 0.5) is 0 Å². The van der Waals surface area contributed by atoms with Gasteiger partial charge in [-0.1, -0.05) is 45.0 Å². The number of β-amino-alcohol motifs (C(OH)–C–C–N with tert-alkyl or cyclic N) is 1. The Hall–Kier alpha value is -2.29. The normalized spacial score (nSPS) is 21.1. The van der Waals surface area contributed by atoms with Crippen molar-refractivity contribution in [2.45, 2.75) is 65.3 Å². The lowest BCUT2D eigenvalue weighted by Crippen LogP contribution is -2.55. The van der Waals surface area contributed by atoms with Gasteiger partial charge in [0.05, 0.1) is 34.3 Å². The number of nitrogens with zero attached hydrogens (tertiary/aromatic N) is 2. The van der Waals surface area contributed by atoms with E-state index in [-0.39, 0.29) is 30.8 Å². The molecule has 0 aliphatic carbocycles. The predicted molar refractivity (Wildman–Crippen MR) is 122 cm³/mol. The third kappa shape index (κ3) is 5.14. The van der Waals surface area contributed by atoms with Crippen molar-refractivity contribution in [1.82, 2.24) is 15.2 Å². The average molecular weight is 445 g/mol. The summed E-state index contributed by atoms with van der Waals surface area (Å²) < 4.78 is 0. The summed E-state index contributed by atoms with van der Waals surface area (Å²) in [4.78, 5) is 32.7. The van der Waals surface area contributed by atoms with Crippen molar-refractivity contribution in [3.8, 4) is 10.4 Å². The summed E-state index contributed by atoms with van der Waals surface area (Å²) >= 11 is 1.60. The Balaban J connectivity index is 1.69. The van der Waals surface area contributed by atoms with E-state index in [1.807, 2.05) is 64.4 Å². The zero-order chi connectivity index (χ0) is 22.9. The Morgan fingerprint density at radius 1 is 1.29 bits per heavy atom. The van der Waals surface area contributed by atoms with Crippen molar-refractivity contribution in [1.29, 1.82) is 0 Å². The number of aliphatic hydroxyl groups is 1. The van der Waals surface area contributed by atoms with E-state index in [1.54, 1.807) is 11.3 Å². The number of carbonyl (C=O) groups is 2. The first kappa shape index (κ1) is 23.4. The van der Waals surface area contributed by atoms with Gasteiger partial charge in [0.2, 0.25) is 11.8 Å². The molecule has 1 aliphatic heterocycles. The van der Waals surface area contributed by atoms with Gasteiger partial charge in [-0.3, -0.25) is 9.59 Å². The third-order valence-electron chi connectivity index (χ3n) is 5.84. The molecule has 7 nitrogen and oxygen atoms in total. The molecule has 0 bridgehead atoms. The molecule has 0 radical (unpaired) electrons. The lowest BCUT2D eigenvalue weighted by Gasteiger charge is -2.32. The van der Waals surface area contributed by atoms with Crippen LogP contribution in [0.5, 0.6) is 0 Å². The molecule has 1 fully saturated rings. The van der Waals surface area contributed by atoms with Gasteiger partial charge >= 0.3 is 0 Å². The molecular formula is C23H32N4O3S. The lowest BCUT2D eigenvalue weighted by atomic mass is 9.86. The van der Waals surface area contributed by atoms with Gasteiger partial charge in [0, 0.05) is 13.0 Å². The summed E-state index contributed by atoms with van der Waals surface area (Å²) in [6, 6.07) is 6.32. The minimum atomic E-state index is -0.742. The summed E-state index contributed by atoms with van der Waals surface area (Å²) in [6.45, 7) is 9.67. The minimum absolute atomic E-state index is 0.123. The highest BCUT2D eigenvalue weighted by atomic mass is 32.1. The van der Waals surface area contributed by atoms with Crippen LogP contribution < -0.4 is 11.1 Å². The lowest BCUT2D eigenvalue weighted by molar-refractivity contribution is -0.141. The average Bonchev–Trinajstić information content (AvgIpc) is 3.31. The van der Waals surface area contributed by atoms with Crippen LogP contribution in [0.2, 0.25) is 0 Å². The smallest absolute Gasteiger partial charge is 0.243 e. The molecule has 4 N–H and O–H groups in total. The van der Waals surface area contributed by atoms with E-state index in [2.05, 4.69) is 10.3 Å². The Morgan fingerprint density at radius 2 is 1.94 bits per heavy atom. The fourth-order valence-electron chi connectivity index (χ4n) is 3.75. The van der Waals surface area contributed by atoms with E-state index in [9.17, 15) is 14.7 Å². The van der Waals surface area contributed by atoms with Crippen LogP contribution in [0.15, 0.2) is 29.8 Å². The minimum Gasteiger partial charge on any atom is -0.391 e. The first-order chi connectivity index (χ1) is 14.5. The van der Waals surface area contributed by atoms with E-state index in [0.717, 1.165) is 21.7 Å². The molecule has 2 aromatic rings. The van der Waals surface area contributed by atoms with Crippen LogP contribution in [0.1, 0.15) is 51.4 Å². The highest BCUT2D eigenvalue weighted by molar-refractivity contribution is 7.13. The van der Waals surface area contributed by atoms with Crippen LogP contribution in [0.3, 0.4) is 0 Å². The highest BCUT2D eigenvalue weighted by Gasteiger charge is 2.42. The van der Waals surface area contributed by atoms with Crippen molar-refractivity contribution in [3.05, 3.63) is 41.0 Å². The maximum atomic E-state index is 13.0. The van der Waals surface area contributed by atoms with Gasteiger partial charge in [-0.2, -0.15) is 0 Å². The monoisotopic (exact) mass is 444 g/mol. The molecule has 31 heavy (non-hydrogen) atoms. The number of aromatic nitrogens is 1. The number of amides is 2. The Bertz CT molecular complexity index is 935. The fourth-order valence-corrected chi connectivity index (χ4v) is 4.56. The van der Waals surface area contributed by atoms with Crippen LogP contribution in [-0.4, -0.2) is 51.5 Å². The van der Waals surface area contributed by atoms with Gasteiger partial charge in [0.25, 0.3) is 0 Å². The SMILES string of the molecule is Cc1ncsc1-c1ccc(C(C)NC(=O)[C@@H]2C[C@@H](O)CN2C(=O)C(N)C(C)(C)C)cc1. The number of rotatable bonds is 5. The Labute approximate surface area is 187 Å². The number of nitrogens with one attached hydrogen (secondary N) is 1. The second-order valence-electron chi connectivity index (χ2n) is 9.36. The number of aryl methyl sites for hydroxylation is 1. The van der Waals surface area contributed by atoms with E-state index in [0.29, 0.717) is 0 Å². The van der Waals surface area contributed by atoms with Crippen LogP contribution in [0, 0.1) is 12.3 Å². The Kier molecular flexibility index (Phi) is 6.83. The molecule has 0 saturated carbocycles. The van der Waals surface area contributed by atoms with Crippen molar-refractivity contribution < 1.29 is 14.7 Å². The number of thiazole rings is 1. The number of likely N-dealkylation sites (tertiary alicyclic amines) is 1. The molecule has 1 aromatic carbocycles. The largest absolute Gasteiger partial charge is 0.391 e. The molecule has 4 atom stereocenters. The molecule has 168 valence electrons. The summed E-state index contributed by atoms with van der Waals surface area (Å²) in [5, 5.41) is 13.1. The van der Waals surface area contributed by atoms with E-state index >= 15 is 0 Å². The maximum absolute atomic E-state index is 13.0. The van der Waals surface area contributed by atoms with Crippen molar-refractivity contribution in [2.24, 2.45) is 11.1 Å². The van der Waals surface area contributed by atoms with Gasteiger partial charge < -0.3 is 21.1 Å². The number of hydrogen-bond acceptors (Lipinski definition) is 6. The molecule has 2 heterocycles. The molecule has 1 aromatic heterocycles. The first-order valence-corrected chi connectivity index (χ1v) is 11.4. The quantitative estimate of drug-likeness (QED) is 0.657. The molecule has 0 spiro atoms. The summed E-state index contributed by atoms with van der Waals surface area (Å²) in [5.74, 6) is -0.581. The second kappa shape index (κ2) is 9.06. The zero-order valence-electron chi connectivity index (χ0n) is 18.8. The third-order valence-corrected chi connectivity index (χ3v) is 6.82.